The number of nitriles is 1. The first-order chi connectivity index (χ1) is 15.8. The number of unbranched alkanes of at least 4 members (excludes halogenated alkanes) is 1. The Labute approximate surface area is 196 Å². The number of carbonyl (C=O) groups is 1. The Kier molecular flexibility index (Phi) is 8.26. The van der Waals surface area contributed by atoms with Crippen LogP contribution in [0.5, 0.6) is 0 Å². The number of nitrogens with one attached hydrogen (secondary N) is 1. The van der Waals surface area contributed by atoms with Gasteiger partial charge in [-0.05, 0) is 49.6 Å². The summed E-state index contributed by atoms with van der Waals surface area (Å²) in [7, 11) is -3.56. The van der Waals surface area contributed by atoms with Crippen LogP contribution in [0.25, 0.3) is 0 Å². The molecule has 0 aliphatic carbocycles. The van der Waals surface area contributed by atoms with Gasteiger partial charge in [0.2, 0.25) is 10.0 Å². The van der Waals surface area contributed by atoms with Crippen molar-refractivity contribution < 1.29 is 13.2 Å². The Bertz CT molecular complexity index is 1130. The number of hydrogen-bond acceptors (Lipinski definition) is 5. The highest BCUT2D eigenvalue weighted by Crippen LogP contribution is 2.19. The molecule has 0 radical (unpaired) electrons. The molecule has 0 atom stereocenters. The van der Waals surface area contributed by atoms with Crippen LogP contribution in [0.3, 0.4) is 0 Å². The normalized spacial score (nSPS) is 15.2. The molecular formula is C25H30N4O3S. The fourth-order valence-corrected chi connectivity index (χ4v) is 5.01. The van der Waals surface area contributed by atoms with Gasteiger partial charge in [-0.25, -0.2) is 8.42 Å². The number of rotatable bonds is 8. The Hall–Kier alpha value is -3.15. The smallest absolute Gasteiger partial charge is 0.267 e. The number of sulfonamides is 1. The third-order valence-electron chi connectivity index (χ3n) is 5.64. The van der Waals surface area contributed by atoms with E-state index in [1.807, 2.05) is 42.2 Å². The van der Waals surface area contributed by atoms with Crippen LogP contribution >= 0.6 is 0 Å². The molecule has 0 spiro atoms. The highest BCUT2D eigenvalue weighted by atomic mass is 32.2. The largest absolute Gasteiger partial charge is 0.373 e. The zero-order valence-corrected chi connectivity index (χ0v) is 19.9. The standard InChI is InChI=1S/C25H30N4O3S/c1-3-4-5-21-8-10-23(11-9-21)27-25(30)22(18-26)19-28-14-16-29(17-15-28)33(31,32)24-12-6-20(2)7-13-24/h6-13,19H,3-5,14-17H2,1-2H3,(H,27,30)/b22-19-. The van der Waals surface area contributed by atoms with Gasteiger partial charge in [0, 0.05) is 38.1 Å². The fraction of sp³-hybridized carbons (Fsp3) is 0.360. The van der Waals surface area contributed by atoms with Gasteiger partial charge in [-0.2, -0.15) is 9.57 Å². The monoisotopic (exact) mass is 466 g/mol. The van der Waals surface area contributed by atoms with Gasteiger partial charge in [-0.15, -0.1) is 0 Å². The Morgan fingerprint density at radius 1 is 1.06 bits per heavy atom. The average Bonchev–Trinajstić information content (AvgIpc) is 2.82. The van der Waals surface area contributed by atoms with Gasteiger partial charge < -0.3 is 10.2 Å². The Balaban J connectivity index is 1.59. The molecule has 1 saturated heterocycles. The molecule has 8 heteroatoms. The maximum absolute atomic E-state index is 12.9. The van der Waals surface area contributed by atoms with E-state index in [4.69, 9.17) is 0 Å². The summed E-state index contributed by atoms with van der Waals surface area (Å²) in [6.45, 7) is 5.42. The second-order valence-electron chi connectivity index (χ2n) is 8.16. The molecule has 1 heterocycles. The molecule has 1 aliphatic heterocycles. The molecule has 0 bridgehead atoms. The van der Waals surface area contributed by atoms with Crippen LogP contribution in [-0.4, -0.2) is 49.7 Å². The van der Waals surface area contributed by atoms with E-state index in [0.29, 0.717) is 18.8 Å². The number of amides is 1. The van der Waals surface area contributed by atoms with Crippen molar-refractivity contribution in [3.63, 3.8) is 0 Å². The summed E-state index contributed by atoms with van der Waals surface area (Å²) in [6.07, 6.45) is 4.76. The SMILES string of the molecule is CCCCc1ccc(NC(=O)/C(C#N)=C\N2CCN(S(=O)(=O)c3ccc(C)cc3)CC2)cc1. The quantitative estimate of drug-likeness (QED) is 0.473. The van der Waals surface area contributed by atoms with E-state index >= 15 is 0 Å². The number of benzene rings is 2. The zero-order valence-electron chi connectivity index (χ0n) is 19.1. The van der Waals surface area contributed by atoms with Gasteiger partial charge in [0.1, 0.15) is 11.6 Å². The van der Waals surface area contributed by atoms with E-state index in [9.17, 15) is 18.5 Å². The van der Waals surface area contributed by atoms with Crippen molar-refractivity contribution in [3.05, 3.63) is 71.4 Å². The van der Waals surface area contributed by atoms with Crippen molar-refractivity contribution in [1.82, 2.24) is 9.21 Å². The first kappa shape index (κ1) is 24.5. The fourth-order valence-electron chi connectivity index (χ4n) is 3.59. The second kappa shape index (κ2) is 11.1. The molecule has 1 fully saturated rings. The van der Waals surface area contributed by atoms with Crippen LogP contribution in [0.1, 0.15) is 30.9 Å². The minimum absolute atomic E-state index is 0.0140. The predicted octanol–water partition coefficient (Wildman–Crippen LogP) is 3.69. The summed E-state index contributed by atoms with van der Waals surface area (Å²) in [5.41, 5.74) is 2.83. The van der Waals surface area contributed by atoms with Crippen LogP contribution < -0.4 is 5.32 Å². The third-order valence-corrected chi connectivity index (χ3v) is 7.55. The van der Waals surface area contributed by atoms with Crippen LogP contribution in [0.2, 0.25) is 0 Å². The molecule has 1 N–H and O–H groups in total. The van der Waals surface area contributed by atoms with Gasteiger partial charge in [0.25, 0.3) is 5.91 Å². The number of anilines is 1. The minimum Gasteiger partial charge on any atom is -0.373 e. The molecule has 33 heavy (non-hydrogen) atoms. The molecule has 3 rings (SSSR count). The predicted molar refractivity (Wildman–Crippen MR) is 129 cm³/mol. The van der Waals surface area contributed by atoms with Crippen molar-refractivity contribution in [3.8, 4) is 6.07 Å². The van der Waals surface area contributed by atoms with E-state index in [2.05, 4.69) is 12.2 Å². The molecule has 7 nitrogen and oxygen atoms in total. The van der Waals surface area contributed by atoms with Gasteiger partial charge >= 0.3 is 0 Å². The van der Waals surface area contributed by atoms with Crippen LogP contribution in [0.15, 0.2) is 65.2 Å². The van der Waals surface area contributed by atoms with E-state index in [0.717, 1.165) is 24.8 Å². The lowest BCUT2D eigenvalue weighted by Gasteiger charge is -2.33. The third kappa shape index (κ3) is 6.44. The number of piperazine rings is 1. The highest BCUT2D eigenvalue weighted by Gasteiger charge is 2.28. The lowest BCUT2D eigenvalue weighted by atomic mass is 10.1. The Morgan fingerprint density at radius 3 is 2.27 bits per heavy atom. The van der Waals surface area contributed by atoms with Gasteiger partial charge in [-0.1, -0.05) is 43.2 Å². The number of aryl methyl sites for hydroxylation is 2. The molecule has 2 aromatic carbocycles. The van der Waals surface area contributed by atoms with Gasteiger partial charge in [0.15, 0.2) is 0 Å². The van der Waals surface area contributed by atoms with Crippen molar-refractivity contribution in [2.75, 3.05) is 31.5 Å². The van der Waals surface area contributed by atoms with Gasteiger partial charge in [0.05, 0.1) is 4.90 Å². The molecule has 2 aromatic rings. The zero-order chi connectivity index (χ0) is 23.8. The summed E-state index contributed by atoms with van der Waals surface area (Å²) in [5, 5.41) is 12.2. The van der Waals surface area contributed by atoms with E-state index in [1.165, 1.54) is 16.1 Å². The summed E-state index contributed by atoms with van der Waals surface area (Å²) in [5.74, 6) is -0.478. The number of carbonyl (C=O) groups excluding carboxylic acids is 1. The lowest BCUT2D eigenvalue weighted by Crippen LogP contribution is -2.46. The summed E-state index contributed by atoms with van der Waals surface area (Å²) >= 11 is 0. The first-order valence-corrected chi connectivity index (χ1v) is 12.6. The maximum atomic E-state index is 12.9. The topological polar surface area (TPSA) is 93.5 Å². The molecule has 0 unspecified atom stereocenters. The molecular weight excluding hydrogens is 436 g/mol. The number of hydrogen-bond donors (Lipinski definition) is 1. The maximum Gasteiger partial charge on any atom is 0.267 e. The van der Waals surface area contributed by atoms with E-state index in [1.54, 1.807) is 24.3 Å². The van der Waals surface area contributed by atoms with Crippen molar-refractivity contribution in [2.24, 2.45) is 0 Å². The molecule has 1 amide bonds. The molecule has 1 aliphatic rings. The first-order valence-electron chi connectivity index (χ1n) is 11.2. The van der Waals surface area contributed by atoms with E-state index < -0.39 is 15.9 Å². The average molecular weight is 467 g/mol. The second-order valence-corrected chi connectivity index (χ2v) is 10.1. The number of nitrogens with zero attached hydrogens (tertiary/aromatic N) is 3. The summed E-state index contributed by atoms with van der Waals surface area (Å²) in [4.78, 5) is 14.7. The lowest BCUT2D eigenvalue weighted by molar-refractivity contribution is -0.112. The van der Waals surface area contributed by atoms with E-state index in [-0.39, 0.29) is 23.6 Å². The molecule has 0 aromatic heterocycles. The highest BCUT2D eigenvalue weighted by molar-refractivity contribution is 7.89. The Morgan fingerprint density at radius 2 is 1.70 bits per heavy atom. The van der Waals surface area contributed by atoms with Crippen molar-refractivity contribution in [1.29, 1.82) is 5.26 Å². The molecule has 174 valence electrons. The minimum atomic E-state index is -3.56. The van der Waals surface area contributed by atoms with Crippen molar-refractivity contribution >= 4 is 21.6 Å². The summed E-state index contributed by atoms with van der Waals surface area (Å²) < 4.78 is 27.1. The van der Waals surface area contributed by atoms with Crippen LogP contribution in [-0.2, 0) is 21.2 Å². The van der Waals surface area contributed by atoms with Gasteiger partial charge in [-0.3, -0.25) is 4.79 Å². The van der Waals surface area contributed by atoms with Crippen molar-refractivity contribution in [2.45, 2.75) is 38.0 Å². The van der Waals surface area contributed by atoms with Crippen LogP contribution in [0.4, 0.5) is 5.69 Å². The van der Waals surface area contributed by atoms with Crippen LogP contribution in [0, 0.1) is 18.3 Å². The summed E-state index contributed by atoms with van der Waals surface area (Å²) in [6, 6.07) is 16.4. The molecule has 0 saturated carbocycles.